The Labute approximate surface area is 200 Å². The van der Waals surface area contributed by atoms with Gasteiger partial charge in [0.1, 0.15) is 0 Å². The van der Waals surface area contributed by atoms with Crippen molar-refractivity contribution in [2.75, 3.05) is 18.0 Å². The molecule has 1 atom stereocenters. The van der Waals surface area contributed by atoms with Gasteiger partial charge in [0.15, 0.2) is 11.2 Å². The van der Waals surface area contributed by atoms with Crippen LogP contribution in [0.2, 0.25) is 0 Å². The van der Waals surface area contributed by atoms with Crippen molar-refractivity contribution in [2.24, 2.45) is 18.9 Å². The number of aryl methyl sites for hydroxylation is 2. The summed E-state index contributed by atoms with van der Waals surface area (Å²) in [4.78, 5) is 33.1. The zero-order valence-electron chi connectivity index (χ0n) is 19.1. The van der Waals surface area contributed by atoms with Gasteiger partial charge in [0, 0.05) is 51.0 Å². The van der Waals surface area contributed by atoms with E-state index < -0.39 is 30.4 Å². The van der Waals surface area contributed by atoms with Crippen molar-refractivity contribution >= 4 is 29.5 Å². The molecule has 5 rings (SSSR count). The second kappa shape index (κ2) is 9.31. The van der Waals surface area contributed by atoms with E-state index >= 15 is 0 Å². The van der Waals surface area contributed by atoms with Gasteiger partial charge in [-0.05, 0) is 25.2 Å². The van der Waals surface area contributed by atoms with E-state index in [9.17, 15) is 22.8 Å². The van der Waals surface area contributed by atoms with E-state index in [4.69, 9.17) is 0 Å². The number of alkyl halides is 3. The first-order chi connectivity index (χ1) is 15.7. The molecule has 0 aromatic carbocycles. The van der Waals surface area contributed by atoms with Crippen LogP contribution in [-0.4, -0.2) is 38.0 Å². The van der Waals surface area contributed by atoms with Gasteiger partial charge in [-0.3, -0.25) is 13.9 Å². The highest BCUT2D eigenvalue weighted by atomic mass is 35.5. The lowest BCUT2D eigenvalue weighted by atomic mass is 9.89. The Morgan fingerprint density at radius 3 is 2.56 bits per heavy atom. The van der Waals surface area contributed by atoms with E-state index in [1.165, 1.54) is 20.7 Å². The van der Waals surface area contributed by atoms with Gasteiger partial charge in [0.05, 0.1) is 6.42 Å². The molecule has 0 bridgehead atoms. The van der Waals surface area contributed by atoms with E-state index in [1.807, 2.05) is 11.1 Å². The van der Waals surface area contributed by atoms with Crippen LogP contribution in [0.15, 0.2) is 21.5 Å². The largest absolute Gasteiger partial charge is 0.390 e. The first-order valence-corrected chi connectivity index (χ1v) is 11.7. The van der Waals surface area contributed by atoms with Gasteiger partial charge in [-0.2, -0.15) is 18.2 Å². The lowest BCUT2D eigenvalue weighted by Gasteiger charge is -2.22. The Hall–Kier alpha value is -2.43. The zero-order valence-corrected chi connectivity index (χ0v) is 19.9. The summed E-state index contributed by atoms with van der Waals surface area (Å²) in [5.74, 6) is 0.795. The molecule has 8 nitrogen and oxygen atoms in total. The Morgan fingerprint density at radius 2 is 1.85 bits per heavy atom. The molecule has 0 spiro atoms. The summed E-state index contributed by atoms with van der Waals surface area (Å²) in [7, 11) is 1.54. The van der Waals surface area contributed by atoms with E-state index in [2.05, 4.69) is 10.3 Å². The molecule has 4 heterocycles. The average molecular weight is 503 g/mol. The summed E-state index contributed by atoms with van der Waals surface area (Å²) >= 11 is 0. The molecule has 3 aliphatic rings. The van der Waals surface area contributed by atoms with E-state index in [0.717, 1.165) is 50.8 Å². The molecule has 34 heavy (non-hydrogen) atoms. The molecule has 2 fully saturated rings. The Bertz CT molecular complexity index is 1210. The highest BCUT2D eigenvalue weighted by Crippen LogP contribution is 2.36. The number of hydrogen-bond acceptors (Lipinski definition) is 5. The standard InChI is InChI=1S/C22H29F3N6O2.ClH/c1-28-18-17(19(32)31(21(28)33)13-14-5-3-2-4-6-14)30(10-8-22(23,24)25)20(27-18)29-9-7-15-11-26-12-16(15)29;/h12,14-15,26H,2-11,13H2,1H3;1H. The number of fused-ring (bicyclic) bond motifs is 2. The first-order valence-electron chi connectivity index (χ1n) is 11.7. The van der Waals surface area contributed by atoms with Gasteiger partial charge in [0.25, 0.3) is 5.56 Å². The molecule has 2 aromatic rings. The second-order valence-electron chi connectivity index (χ2n) is 9.48. The third-order valence-electron chi connectivity index (χ3n) is 7.28. The normalized spacial score (nSPS) is 20.9. The molecule has 2 aliphatic heterocycles. The van der Waals surface area contributed by atoms with Crippen LogP contribution in [0.4, 0.5) is 19.1 Å². The SMILES string of the molecule is Cl.Cn1c(=O)n(CC2CCCCC2)c(=O)c2c1nc(N1CCC3CNC=C31)n2CCC(F)(F)F. The van der Waals surface area contributed by atoms with Crippen molar-refractivity contribution in [3.05, 3.63) is 32.7 Å². The highest BCUT2D eigenvalue weighted by molar-refractivity contribution is 5.85. The summed E-state index contributed by atoms with van der Waals surface area (Å²) in [6, 6.07) is 0. The predicted molar refractivity (Wildman–Crippen MR) is 125 cm³/mol. The maximum Gasteiger partial charge on any atom is 0.390 e. The topological polar surface area (TPSA) is 77.1 Å². The van der Waals surface area contributed by atoms with Gasteiger partial charge in [-0.25, -0.2) is 4.79 Å². The zero-order chi connectivity index (χ0) is 23.3. The van der Waals surface area contributed by atoms with Crippen LogP contribution in [-0.2, 0) is 20.1 Å². The molecule has 1 saturated carbocycles. The highest BCUT2D eigenvalue weighted by Gasteiger charge is 2.36. The van der Waals surface area contributed by atoms with Crippen LogP contribution >= 0.6 is 12.4 Å². The van der Waals surface area contributed by atoms with Crippen molar-refractivity contribution in [3.63, 3.8) is 0 Å². The Kier molecular flexibility index (Phi) is 6.76. The van der Waals surface area contributed by atoms with Gasteiger partial charge < -0.3 is 14.8 Å². The summed E-state index contributed by atoms with van der Waals surface area (Å²) in [6.45, 7) is 1.26. The Balaban J connectivity index is 0.00000274. The molecule has 0 radical (unpaired) electrons. The van der Waals surface area contributed by atoms with Gasteiger partial charge >= 0.3 is 11.9 Å². The molecule has 1 saturated heterocycles. The van der Waals surface area contributed by atoms with Gasteiger partial charge in [0.2, 0.25) is 5.95 Å². The number of halogens is 4. The van der Waals surface area contributed by atoms with Crippen molar-refractivity contribution in [2.45, 2.75) is 64.2 Å². The molecular weight excluding hydrogens is 473 g/mol. The van der Waals surface area contributed by atoms with Crippen molar-refractivity contribution in [1.29, 1.82) is 0 Å². The fourth-order valence-corrected chi connectivity index (χ4v) is 5.51. The van der Waals surface area contributed by atoms with Crippen LogP contribution in [0.1, 0.15) is 44.9 Å². The Morgan fingerprint density at radius 1 is 1.12 bits per heavy atom. The van der Waals surface area contributed by atoms with E-state index in [-0.39, 0.29) is 35.4 Å². The number of rotatable bonds is 5. The summed E-state index contributed by atoms with van der Waals surface area (Å²) in [5.41, 5.74) is 0.158. The third kappa shape index (κ3) is 4.34. The van der Waals surface area contributed by atoms with Crippen molar-refractivity contribution in [3.8, 4) is 0 Å². The fourth-order valence-electron chi connectivity index (χ4n) is 5.51. The quantitative estimate of drug-likeness (QED) is 0.680. The molecule has 0 amide bonds. The number of nitrogens with zero attached hydrogens (tertiary/aromatic N) is 5. The van der Waals surface area contributed by atoms with E-state index in [0.29, 0.717) is 19.0 Å². The minimum absolute atomic E-state index is 0. The average Bonchev–Trinajstić information content (AvgIpc) is 3.48. The maximum absolute atomic E-state index is 13.5. The minimum atomic E-state index is -4.38. The number of hydrogen-bond donors (Lipinski definition) is 1. The number of aromatic nitrogens is 4. The van der Waals surface area contributed by atoms with Crippen LogP contribution < -0.4 is 21.5 Å². The molecule has 12 heteroatoms. The smallest absolute Gasteiger partial charge is 0.389 e. The summed E-state index contributed by atoms with van der Waals surface area (Å²) < 4.78 is 43.5. The van der Waals surface area contributed by atoms with Gasteiger partial charge in [-0.15, -0.1) is 12.4 Å². The summed E-state index contributed by atoms with van der Waals surface area (Å²) in [6.07, 6.45) is 2.44. The lowest BCUT2D eigenvalue weighted by molar-refractivity contribution is -0.136. The van der Waals surface area contributed by atoms with Gasteiger partial charge in [-0.1, -0.05) is 19.3 Å². The minimum Gasteiger partial charge on any atom is -0.389 e. The fraction of sp³-hybridized carbons (Fsp3) is 0.682. The maximum atomic E-state index is 13.5. The molecule has 2 aromatic heterocycles. The first kappa shape index (κ1) is 24.7. The monoisotopic (exact) mass is 502 g/mol. The lowest BCUT2D eigenvalue weighted by Crippen LogP contribution is -2.41. The predicted octanol–water partition coefficient (Wildman–Crippen LogP) is 3.12. The number of imidazole rings is 1. The molecule has 1 unspecified atom stereocenters. The molecule has 1 aliphatic carbocycles. The van der Waals surface area contributed by atoms with Crippen molar-refractivity contribution in [1.82, 2.24) is 24.0 Å². The van der Waals surface area contributed by atoms with Crippen LogP contribution in [0.5, 0.6) is 0 Å². The molecule has 1 N–H and O–H groups in total. The third-order valence-corrected chi connectivity index (χ3v) is 7.28. The van der Waals surface area contributed by atoms with Crippen molar-refractivity contribution < 1.29 is 13.2 Å². The molecular formula is C22H30ClF3N6O2. The molecule has 188 valence electrons. The second-order valence-corrected chi connectivity index (χ2v) is 9.48. The van der Waals surface area contributed by atoms with Crippen LogP contribution in [0.25, 0.3) is 11.2 Å². The van der Waals surface area contributed by atoms with E-state index in [1.54, 1.807) is 0 Å². The summed E-state index contributed by atoms with van der Waals surface area (Å²) in [5, 5.41) is 3.18. The van der Waals surface area contributed by atoms with Crippen LogP contribution in [0.3, 0.4) is 0 Å². The van der Waals surface area contributed by atoms with Crippen LogP contribution in [0, 0.1) is 11.8 Å². The number of nitrogens with one attached hydrogen (secondary N) is 1. The number of anilines is 1.